The molecular formula is C37H54N8O18S. The first kappa shape index (κ1) is 55.4. The van der Waals surface area contributed by atoms with Crippen LogP contribution in [-0.2, 0) is 63.8 Å². The van der Waals surface area contributed by atoms with Crippen LogP contribution in [-0.4, -0.2) is 172 Å². The molecule has 14 N–H and O–H groups in total. The van der Waals surface area contributed by atoms with Gasteiger partial charge in [-0.1, -0.05) is 30.3 Å². The largest absolute Gasteiger partial charge is 0.481 e. The summed E-state index contributed by atoms with van der Waals surface area (Å²) in [6, 6.07) is -1.56. The number of carbonyl (C=O) groups is 11. The number of benzene rings is 1. The van der Waals surface area contributed by atoms with Crippen LogP contribution in [0.5, 0.6) is 0 Å². The Balaban J connectivity index is 2.52. The van der Waals surface area contributed by atoms with Gasteiger partial charge in [-0.05, 0) is 18.4 Å². The second-order valence-corrected chi connectivity index (χ2v) is 14.0. The lowest BCUT2D eigenvalue weighted by Crippen LogP contribution is -2.57. The van der Waals surface area contributed by atoms with E-state index in [1.807, 2.05) is 10.6 Å². The number of aliphatic carboxylic acids is 5. The molecule has 0 heterocycles. The molecule has 0 saturated heterocycles. The number of carbonyl (C=O) groups excluding carboxylic acids is 6. The van der Waals surface area contributed by atoms with Gasteiger partial charge < -0.3 is 78.0 Å². The monoisotopic (exact) mass is 930 g/mol. The van der Waals surface area contributed by atoms with E-state index in [2.05, 4.69) is 39.2 Å². The summed E-state index contributed by atoms with van der Waals surface area (Å²) in [7, 11) is 0. The number of nitrogens with one attached hydrogen (secondary N) is 7. The van der Waals surface area contributed by atoms with E-state index in [4.69, 9.17) is 30.5 Å². The molecule has 0 spiro atoms. The van der Waals surface area contributed by atoms with Crippen LogP contribution in [0.15, 0.2) is 30.3 Å². The maximum atomic E-state index is 13.2. The summed E-state index contributed by atoms with van der Waals surface area (Å²) in [5.74, 6) is -11.6. The lowest BCUT2D eigenvalue weighted by atomic mass is 10.0. The number of amides is 7. The minimum atomic E-state index is -1.71. The van der Waals surface area contributed by atoms with Crippen molar-refractivity contribution in [2.75, 3.05) is 45.3 Å². The smallest absolute Gasteiger partial charge is 0.327 e. The average molecular weight is 931 g/mol. The number of carboxylic acids is 5. The highest BCUT2D eigenvalue weighted by atomic mass is 32.1. The van der Waals surface area contributed by atoms with Crippen LogP contribution in [0.2, 0.25) is 0 Å². The molecule has 356 valence electrons. The molecule has 7 amide bonds. The van der Waals surface area contributed by atoms with Gasteiger partial charge in [-0.25, -0.2) is 19.2 Å². The van der Waals surface area contributed by atoms with Crippen LogP contribution in [0.1, 0.15) is 44.1 Å². The molecule has 1 rings (SSSR count). The molecule has 0 aliphatic rings. The Labute approximate surface area is 370 Å². The number of ether oxygens (including phenoxy) is 2. The van der Waals surface area contributed by atoms with E-state index in [1.165, 1.54) is 0 Å². The zero-order chi connectivity index (χ0) is 48.2. The summed E-state index contributed by atoms with van der Waals surface area (Å²) in [4.78, 5) is 132. The van der Waals surface area contributed by atoms with Crippen molar-refractivity contribution in [3.63, 3.8) is 0 Å². The van der Waals surface area contributed by atoms with Gasteiger partial charge in [0.25, 0.3) is 0 Å². The first-order valence-corrected chi connectivity index (χ1v) is 20.1. The van der Waals surface area contributed by atoms with Crippen LogP contribution in [0.3, 0.4) is 0 Å². The third-order valence-electron chi connectivity index (χ3n) is 8.50. The van der Waals surface area contributed by atoms with Gasteiger partial charge in [0.05, 0.1) is 32.8 Å². The maximum absolute atomic E-state index is 13.2. The second-order valence-electron chi connectivity index (χ2n) is 13.6. The van der Waals surface area contributed by atoms with Gasteiger partial charge in [-0.2, -0.15) is 12.6 Å². The Morgan fingerprint density at radius 2 is 1.12 bits per heavy atom. The minimum Gasteiger partial charge on any atom is -0.481 e. The summed E-state index contributed by atoms with van der Waals surface area (Å²) in [5.41, 5.74) is 6.56. The molecule has 0 aliphatic heterocycles. The van der Waals surface area contributed by atoms with E-state index in [1.54, 1.807) is 30.3 Å². The predicted molar refractivity (Wildman–Crippen MR) is 221 cm³/mol. The van der Waals surface area contributed by atoms with Gasteiger partial charge in [-0.3, -0.25) is 33.6 Å². The van der Waals surface area contributed by atoms with E-state index in [9.17, 15) is 63.0 Å². The lowest BCUT2D eigenvalue weighted by molar-refractivity contribution is -0.143. The van der Waals surface area contributed by atoms with E-state index >= 15 is 0 Å². The normalized spacial score (nSPS) is 13.5. The summed E-state index contributed by atoms with van der Waals surface area (Å²) in [6.07, 6.45) is -2.76. The number of thiol groups is 1. The number of urea groups is 1. The molecule has 0 bridgehead atoms. The molecule has 64 heavy (non-hydrogen) atoms. The van der Waals surface area contributed by atoms with Crippen molar-refractivity contribution in [3.05, 3.63) is 35.9 Å². The van der Waals surface area contributed by atoms with Gasteiger partial charge in [0.15, 0.2) is 0 Å². The van der Waals surface area contributed by atoms with Gasteiger partial charge in [0, 0.05) is 44.5 Å². The second kappa shape index (κ2) is 30.5. The van der Waals surface area contributed by atoms with Crippen LogP contribution >= 0.6 is 12.6 Å². The molecule has 1 aromatic carbocycles. The van der Waals surface area contributed by atoms with Crippen LogP contribution in [0.4, 0.5) is 4.79 Å². The van der Waals surface area contributed by atoms with Crippen molar-refractivity contribution in [2.24, 2.45) is 5.73 Å². The van der Waals surface area contributed by atoms with E-state index in [0.717, 1.165) is 0 Å². The molecule has 27 heteroatoms. The van der Waals surface area contributed by atoms with Crippen LogP contribution in [0, 0.1) is 0 Å². The first-order chi connectivity index (χ1) is 30.2. The highest BCUT2D eigenvalue weighted by Crippen LogP contribution is 2.05. The van der Waals surface area contributed by atoms with Crippen molar-refractivity contribution in [1.29, 1.82) is 0 Å². The summed E-state index contributed by atoms with van der Waals surface area (Å²) >= 11 is 3.82. The molecule has 0 unspecified atom stereocenters. The Hall–Kier alpha value is -6.58. The van der Waals surface area contributed by atoms with Crippen LogP contribution in [0.25, 0.3) is 0 Å². The van der Waals surface area contributed by atoms with Crippen molar-refractivity contribution < 1.29 is 87.7 Å². The highest BCUT2D eigenvalue weighted by Gasteiger charge is 2.30. The third kappa shape index (κ3) is 24.2. The lowest BCUT2D eigenvalue weighted by Gasteiger charge is -2.22. The summed E-state index contributed by atoms with van der Waals surface area (Å²) in [6.45, 7) is -0.463. The number of rotatable bonds is 33. The van der Waals surface area contributed by atoms with Crippen molar-refractivity contribution in [3.8, 4) is 0 Å². The summed E-state index contributed by atoms with van der Waals surface area (Å²) < 4.78 is 10.8. The zero-order valence-corrected chi connectivity index (χ0v) is 35.2. The molecule has 0 fully saturated rings. The standard InChI is InChI=1S/C37H54N8O18S/c38-21(31(52)42-25(17-30(50)51)33(54)43-26(19-64)36(59)60)18-40-32(53)24(16-20-4-2-1-3-5-20)41-28(47)10-12-62-14-15-63-13-11-39-27(46)8-6-22(34(55)56)44-37(61)45-23(35(57)58)7-9-29(48)49/h1-5,21-26,64H,6-19,38H2,(H,39,46)(H,40,53)(H,41,47)(H,42,52)(H,43,54)(H,48,49)(H,50,51)(H,55,56)(H,57,58)(H,59,60)(H2,44,45,61)/t21-,22-,23-,24-,25-,26-/m0/s1. The van der Waals surface area contributed by atoms with Gasteiger partial charge in [0.1, 0.15) is 36.3 Å². The quantitative estimate of drug-likeness (QED) is 0.0236. The van der Waals surface area contributed by atoms with Crippen molar-refractivity contribution in [1.82, 2.24) is 37.2 Å². The van der Waals surface area contributed by atoms with Gasteiger partial charge in [-0.15, -0.1) is 0 Å². The van der Waals surface area contributed by atoms with E-state index in [-0.39, 0.29) is 64.4 Å². The molecule has 0 aromatic heterocycles. The highest BCUT2D eigenvalue weighted by molar-refractivity contribution is 7.80. The fourth-order valence-electron chi connectivity index (χ4n) is 5.13. The van der Waals surface area contributed by atoms with E-state index in [0.29, 0.717) is 5.56 Å². The molecule has 0 saturated carbocycles. The fourth-order valence-corrected chi connectivity index (χ4v) is 5.37. The molecule has 0 radical (unpaired) electrons. The number of hydrogen-bond donors (Lipinski definition) is 14. The molecule has 6 atom stereocenters. The van der Waals surface area contributed by atoms with Gasteiger partial charge in [0.2, 0.25) is 29.5 Å². The Bertz CT molecular complexity index is 1770. The Morgan fingerprint density at radius 3 is 1.67 bits per heavy atom. The molecular weight excluding hydrogens is 877 g/mol. The third-order valence-corrected chi connectivity index (χ3v) is 8.87. The maximum Gasteiger partial charge on any atom is 0.327 e. The van der Waals surface area contributed by atoms with Gasteiger partial charge >= 0.3 is 35.9 Å². The Kier molecular flexibility index (Phi) is 26.4. The number of carboxylic acid groups (broad SMARTS) is 5. The molecule has 26 nitrogen and oxygen atoms in total. The van der Waals surface area contributed by atoms with Crippen molar-refractivity contribution >= 4 is 78.0 Å². The Morgan fingerprint density at radius 1 is 0.562 bits per heavy atom. The van der Waals surface area contributed by atoms with E-state index < -0.39 is 127 Å². The topological polar surface area (TPSA) is 418 Å². The molecule has 1 aromatic rings. The van der Waals surface area contributed by atoms with Crippen LogP contribution < -0.4 is 43.0 Å². The SMILES string of the molecule is N[C@@H](CNC(=O)[C@H](Cc1ccccc1)NC(=O)CCOCCOCCNC(=O)CC[C@H](NC(=O)N[C@@H](CCC(=O)O)C(=O)O)C(=O)O)C(=O)N[C@@H](CC(=O)O)C(=O)N[C@@H](CS)C(=O)O. The van der Waals surface area contributed by atoms with Crippen molar-refractivity contribution in [2.45, 2.75) is 81.2 Å². The number of nitrogens with two attached hydrogens (primary N) is 1. The molecule has 0 aliphatic carbocycles. The summed E-state index contributed by atoms with van der Waals surface area (Å²) in [5, 5.41) is 61.3. The average Bonchev–Trinajstić information content (AvgIpc) is 3.23. The predicted octanol–water partition coefficient (Wildman–Crippen LogP) is -3.99. The fraction of sp³-hybridized carbons (Fsp3) is 0.541. The first-order valence-electron chi connectivity index (χ1n) is 19.4. The number of hydrogen-bond acceptors (Lipinski definition) is 15. The zero-order valence-electron chi connectivity index (χ0n) is 34.3. The minimum absolute atomic E-state index is 0.0191.